The number of ether oxygens (including phenoxy) is 1. The first-order valence-corrected chi connectivity index (χ1v) is 13.6. The van der Waals surface area contributed by atoms with Gasteiger partial charge in [-0.2, -0.15) is 0 Å². The van der Waals surface area contributed by atoms with Gasteiger partial charge in [0.25, 0.3) is 0 Å². The molecule has 3 atom stereocenters. The van der Waals surface area contributed by atoms with Gasteiger partial charge in [-0.1, -0.05) is 39.3 Å². The molecule has 1 aliphatic heterocycles. The molecular formula is C23H43N3O6S. The van der Waals surface area contributed by atoms with Crippen LogP contribution in [0.5, 0.6) is 0 Å². The molecule has 1 rings (SSSR count). The summed E-state index contributed by atoms with van der Waals surface area (Å²) in [6, 6.07) is 0. The Morgan fingerprint density at radius 1 is 1.09 bits per heavy atom. The largest absolute Gasteiger partial charge is 0.350 e. The molecule has 0 radical (unpaired) electrons. The van der Waals surface area contributed by atoms with Crippen LogP contribution in [-0.2, 0) is 29.2 Å². The van der Waals surface area contributed by atoms with E-state index in [4.69, 9.17) is 9.57 Å². The van der Waals surface area contributed by atoms with Gasteiger partial charge in [0.1, 0.15) is 0 Å². The van der Waals surface area contributed by atoms with Crippen LogP contribution in [0.15, 0.2) is 11.6 Å². The number of hydrogen-bond acceptors (Lipinski definition) is 6. The molecule has 9 nitrogen and oxygen atoms in total. The number of rotatable bonds is 13. The fraction of sp³-hybridized carbons (Fsp3) is 0.826. The Kier molecular flexibility index (Phi) is 12.6. The summed E-state index contributed by atoms with van der Waals surface area (Å²) in [5.74, 6) is -2.26. The first-order chi connectivity index (χ1) is 15.3. The highest BCUT2D eigenvalue weighted by Gasteiger charge is 2.36. The van der Waals surface area contributed by atoms with Crippen molar-refractivity contribution in [1.29, 1.82) is 0 Å². The summed E-state index contributed by atoms with van der Waals surface area (Å²) in [4.78, 5) is 32.0. The standard InChI is InChI=1S/C23H43N3O6S/c1-16(2)11-12-19(23(28)25-32-21-10-8-9-13-31-21)20(14-17(3)4)22(27)24-26(15-18(5)6)33(7,29)30/h11,17-21H,8-10,12-15H2,1-7H3,(H,24,27)(H,25,28)/t19-,20+,21?/m0/s1. The summed E-state index contributed by atoms with van der Waals surface area (Å²) in [5.41, 5.74) is 6.08. The van der Waals surface area contributed by atoms with Crippen LogP contribution in [0.3, 0.4) is 0 Å². The van der Waals surface area contributed by atoms with Crippen LogP contribution in [-0.4, -0.2) is 50.3 Å². The maximum absolute atomic E-state index is 13.3. The molecule has 2 N–H and O–H groups in total. The Bertz CT molecular complexity index is 756. The number of hydroxylamine groups is 1. The second-order valence-corrected chi connectivity index (χ2v) is 11.8. The fourth-order valence-electron chi connectivity index (χ4n) is 3.58. The van der Waals surface area contributed by atoms with Gasteiger partial charge >= 0.3 is 0 Å². The molecule has 0 aromatic carbocycles. The van der Waals surface area contributed by atoms with E-state index in [0.29, 0.717) is 25.9 Å². The van der Waals surface area contributed by atoms with Gasteiger partial charge < -0.3 is 4.74 Å². The molecule has 10 heteroatoms. The normalized spacial score (nSPS) is 18.8. The lowest BCUT2D eigenvalue weighted by molar-refractivity contribution is -0.203. The summed E-state index contributed by atoms with van der Waals surface area (Å²) in [6.07, 6.45) is 5.81. The minimum Gasteiger partial charge on any atom is -0.350 e. The molecule has 0 aromatic heterocycles. The van der Waals surface area contributed by atoms with Gasteiger partial charge in [-0.05, 0) is 51.4 Å². The van der Waals surface area contributed by atoms with Crippen molar-refractivity contribution in [2.24, 2.45) is 23.7 Å². The van der Waals surface area contributed by atoms with Crippen molar-refractivity contribution in [3.63, 3.8) is 0 Å². The number of carbonyl (C=O) groups excluding carboxylic acids is 2. The predicted molar refractivity (Wildman–Crippen MR) is 128 cm³/mol. The minimum atomic E-state index is -3.67. The summed E-state index contributed by atoms with van der Waals surface area (Å²) in [6.45, 7) is 12.2. The minimum absolute atomic E-state index is 0.0113. The lowest BCUT2D eigenvalue weighted by Gasteiger charge is -2.30. The van der Waals surface area contributed by atoms with E-state index < -0.39 is 40.0 Å². The van der Waals surface area contributed by atoms with E-state index in [1.54, 1.807) is 0 Å². The van der Waals surface area contributed by atoms with Crippen molar-refractivity contribution in [2.75, 3.05) is 19.4 Å². The molecule has 0 spiro atoms. The Balaban J connectivity index is 3.11. The number of hydrazine groups is 1. The zero-order valence-corrected chi connectivity index (χ0v) is 22.0. The second kappa shape index (κ2) is 14.0. The van der Waals surface area contributed by atoms with E-state index >= 15 is 0 Å². The smallest absolute Gasteiger partial charge is 0.247 e. The fourth-order valence-corrected chi connectivity index (χ4v) is 4.41. The Hall–Kier alpha value is -1.49. The molecule has 33 heavy (non-hydrogen) atoms. The number of hydrogen-bond donors (Lipinski definition) is 2. The average Bonchev–Trinajstić information content (AvgIpc) is 2.70. The third kappa shape index (κ3) is 11.5. The first-order valence-electron chi connectivity index (χ1n) is 11.8. The molecule has 1 heterocycles. The third-order valence-electron chi connectivity index (χ3n) is 5.26. The molecule has 1 fully saturated rings. The van der Waals surface area contributed by atoms with E-state index in [0.717, 1.165) is 29.1 Å². The van der Waals surface area contributed by atoms with Crippen LogP contribution < -0.4 is 10.9 Å². The van der Waals surface area contributed by atoms with Crippen molar-refractivity contribution in [3.05, 3.63) is 11.6 Å². The molecule has 1 saturated heterocycles. The van der Waals surface area contributed by atoms with Gasteiger partial charge in [0.15, 0.2) is 6.29 Å². The molecular weight excluding hydrogens is 446 g/mol. The number of carbonyl (C=O) groups is 2. The Labute approximate surface area is 199 Å². The summed E-state index contributed by atoms with van der Waals surface area (Å²) < 4.78 is 30.9. The first kappa shape index (κ1) is 29.5. The van der Waals surface area contributed by atoms with Crippen LogP contribution >= 0.6 is 0 Å². The number of amides is 2. The topological polar surface area (TPSA) is 114 Å². The lowest BCUT2D eigenvalue weighted by Crippen LogP contribution is -2.52. The number of nitrogens with one attached hydrogen (secondary N) is 2. The van der Waals surface area contributed by atoms with E-state index in [1.165, 1.54) is 0 Å². The van der Waals surface area contributed by atoms with Crippen LogP contribution in [0.2, 0.25) is 0 Å². The molecule has 192 valence electrons. The van der Waals surface area contributed by atoms with Crippen molar-refractivity contribution in [3.8, 4) is 0 Å². The molecule has 2 amide bonds. The van der Waals surface area contributed by atoms with E-state index in [9.17, 15) is 18.0 Å². The molecule has 0 aromatic rings. The number of nitrogens with zero attached hydrogens (tertiary/aromatic N) is 1. The van der Waals surface area contributed by atoms with Crippen LogP contribution in [0.1, 0.15) is 73.6 Å². The monoisotopic (exact) mass is 489 g/mol. The quantitative estimate of drug-likeness (QED) is 0.303. The lowest BCUT2D eigenvalue weighted by atomic mass is 9.82. The Morgan fingerprint density at radius 2 is 1.76 bits per heavy atom. The molecule has 0 aliphatic carbocycles. The highest BCUT2D eigenvalue weighted by atomic mass is 32.2. The maximum Gasteiger partial charge on any atom is 0.247 e. The number of allylic oxidation sites excluding steroid dienone is 2. The summed E-state index contributed by atoms with van der Waals surface area (Å²) in [5, 5.41) is 0. The zero-order valence-electron chi connectivity index (χ0n) is 21.2. The van der Waals surface area contributed by atoms with Gasteiger partial charge in [0.2, 0.25) is 21.8 Å². The molecule has 1 unspecified atom stereocenters. The van der Waals surface area contributed by atoms with Crippen molar-refractivity contribution in [2.45, 2.75) is 79.9 Å². The van der Waals surface area contributed by atoms with Crippen LogP contribution in [0.4, 0.5) is 0 Å². The highest BCUT2D eigenvalue weighted by Crippen LogP contribution is 2.26. The number of sulfonamides is 1. The Morgan fingerprint density at radius 3 is 2.24 bits per heavy atom. The van der Waals surface area contributed by atoms with Crippen molar-refractivity contribution in [1.82, 2.24) is 15.3 Å². The summed E-state index contributed by atoms with van der Waals surface area (Å²) in [7, 11) is -3.67. The van der Waals surface area contributed by atoms with Gasteiger partial charge in [0.05, 0.1) is 18.1 Å². The molecule has 1 aliphatic rings. The van der Waals surface area contributed by atoms with E-state index in [1.807, 2.05) is 47.6 Å². The van der Waals surface area contributed by atoms with Crippen LogP contribution in [0, 0.1) is 23.7 Å². The predicted octanol–water partition coefficient (Wildman–Crippen LogP) is 3.14. The third-order valence-corrected chi connectivity index (χ3v) is 6.30. The van der Waals surface area contributed by atoms with Crippen molar-refractivity contribution < 1.29 is 27.6 Å². The highest BCUT2D eigenvalue weighted by molar-refractivity contribution is 7.88. The molecule has 0 saturated carbocycles. The average molecular weight is 490 g/mol. The van der Waals surface area contributed by atoms with Gasteiger partial charge in [-0.15, -0.1) is 4.41 Å². The SMILES string of the molecule is CC(C)=CC[C@H](C(=O)NOC1CCCCO1)[C@@H](CC(C)C)C(=O)NN(CC(C)C)S(C)(=O)=O. The van der Waals surface area contributed by atoms with Crippen molar-refractivity contribution >= 4 is 21.8 Å². The van der Waals surface area contributed by atoms with Gasteiger partial charge in [-0.25, -0.2) is 18.7 Å². The van der Waals surface area contributed by atoms with Gasteiger partial charge in [-0.3, -0.25) is 15.0 Å². The summed E-state index contributed by atoms with van der Waals surface area (Å²) >= 11 is 0. The second-order valence-electron chi connectivity index (χ2n) is 9.90. The maximum atomic E-state index is 13.3. The van der Waals surface area contributed by atoms with Gasteiger partial charge in [0, 0.05) is 19.6 Å². The van der Waals surface area contributed by atoms with E-state index in [-0.39, 0.29) is 18.4 Å². The van der Waals surface area contributed by atoms with E-state index in [2.05, 4.69) is 10.9 Å². The zero-order chi connectivity index (χ0) is 25.2. The van der Waals surface area contributed by atoms with Crippen LogP contribution in [0.25, 0.3) is 0 Å². The molecule has 0 bridgehead atoms.